The van der Waals surface area contributed by atoms with Crippen molar-refractivity contribution in [1.82, 2.24) is 14.7 Å². The number of rotatable bonds is 5. The number of nitrogens with zero attached hydrogens (tertiary/aromatic N) is 3. The number of hydrogen-bond acceptors (Lipinski definition) is 6. The van der Waals surface area contributed by atoms with E-state index >= 15 is 0 Å². The predicted octanol–water partition coefficient (Wildman–Crippen LogP) is 4.84. The van der Waals surface area contributed by atoms with E-state index in [0.717, 1.165) is 5.56 Å². The molecule has 0 unspecified atom stereocenters. The van der Waals surface area contributed by atoms with E-state index in [-0.39, 0.29) is 53.6 Å². The molecule has 46 heavy (non-hydrogen) atoms. The van der Waals surface area contributed by atoms with Gasteiger partial charge in [0.05, 0.1) is 0 Å². The number of carbonyl (C=O) groups excluding carboxylic acids is 3. The highest BCUT2D eigenvalue weighted by molar-refractivity contribution is 6.09. The van der Waals surface area contributed by atoms with Crippen molar-refractivity contribution in [3.8, 4) is 40.0 Å². The van der Waals surface area contributed by atoms with Crippen molar-refractivity contribution >= 4 is 28.7 Å². The molecule has 0 saturated carbocycles. The third-order valence-electron chi connectivity index (χ3n) is 9.13. The second-order valence-corrected chi connectivity index (χ2v) is 12.2. The Bertz CT molecular complexity index is 1890. The Morgan fingerprint density at radius 2 is 1.57 bits per heavy atom. The molecule has 2 aromatic carbocycles. The van der Waals surface area contributed by atoms with Gasteiger partial charge in [-0.3, -0.25) is 19.2 Å². The SMILES string of the molecule is C[C@H]1C#CCCN(C(=O)CCC(=O)N2CCN(C(=O)c3ccccc3-c3c4ccc(=O)cc-4oc4cc(O)ccc34)CC2)C[C@@H]1C. The molecule has 6 rings (SSSR count). The van der Waals surface area contributed by atoms with E-state index in [1.807, 2.05) is 23.1 Å². The van der Waals surface area contributed by atoms with Crippen LogP contribution in [0.4, 0.5) is 0 Å². The van der Waals surface area contributed by atoms with E-state index in [1.54, 1.807) is 34.1 Å². The molecule has 3 amide bonds. The van der Waals surface area contributed by atoms with E-state index in [0.29, 0.717) is 79.1 Å². The summed E-state index contributed by atoms with van der Waals surface area (Å²) in [5.74, 6) is 7.01. The maximum Gasteiger partial charge on any atom is 0.254 e. The minimum Gasteiger partial charge on any atom is -0.508 e. The molecule has 1 aliphatic carbocycles. The Morgan fingerprint density at radius 3 is 2.35 bits per heavy atom. The molecule has 1 fully saturated rings. The Hall–Kier alpha value is -5.10. The Kier molecular flexibility index (Phi) is 8.80. The highest BCUT2D eigenvalue weighted by Crippen LogP contribution is 2.42. The van der Waals surface area contributed by atoms with Crippen LogP contribution in [0.15, 0.2) is 69.9 Å². The van der Waals surface area contributed by atoms with Crippen LogP contribution in [0, 0.1) is 23.7 Å². The van der Waals surface area contributed by atoms with Crippen LogP contribution in [0.1, 0.15) is 43.5 Å². The smallest absolute Gasteiger partial charge is 0.254 e. The molecule has 4 aliphatic rings. The Labute approximate surface area is 267 Å². The predicted molar refractivity (Wildman–Crippen MR) is 175 cm³/mol. The van der Waals surface area contributed by atoms with Crippen LogP contribution in [0.5, 0.6) is 5.75 Å². The minimum absolute atomic E-state index is 0.0167. The first-order valence-corrected chi connectivity index (χ1v) is 15.8. The van der Waals surface area contributed by atoms with Crippen LogP contribution in [-0.2, 0) is 9.59 Å². The van der Waals surface area contributed by atoms with Crippen molar-refractivity contribution in [2.24, 2.45) is 11.8 Å². The molecule has 0 radical (unpaired) electrons. The standard InChI is InChI=1S/C37H37N3O6/c1-24-7-5-6-16-40(23-25(24)2)35(44)15-14-34(43)38-17-19-39(20-18-38)37(45)29-9-4-3-8-28(29)36-30-12-10-26(41)21-32(30)46-33-22-27(42)11-13-31(33)36/h3-4,8-13,21-22,24-25,41H,6,14-20,23H2,1-2H3/t24-,25-/m0/s1. The molecule has 1 N–H and O–H groups in total. The molecule has 0 aromatic heterocycles. The van der Waals surface area contributed by atoms with Gasteiger partial charge in [0.25, 0.3) is 5.91 Å². The second-order valence-electron chi connectivity index (χ2n) is 12.2. The normalized spacial score (nSPS) is 18.5. The monoisotopic (exact) mass is 619 g/mol. The third kappa shape index (κ3) is 6.34. The lowest BCUT2D eigenvalue weighted by atomic mass is 9.90. The number of carbonyl (C=O) groups is 3. The van der Waals surface area contributed by atoms with Gasteiger partial charge in [0.15, 0.2) is 5.43 Å². The number of piperazine rings is 1. The van der Waals surface area contributed by atoms with Crippen molar-refractivity contribution in [2.75, 3.05) is 39.3 Å². The summed E-state index contributed by atoms with van der Waals surface area (Å²) in [7, 11) is 0. The zero-order valence-corrected chi connectivity index (χ0v) is 26.1. The molecule has 2 atom stereocenters. The molecule has 3 heterocycles. The summed E-state index contributed by atoms with van der Waals surface area (Å²) < 4.78 is 5.99. The van der Waals surface area contributed by atoms with Crippen LogP contribution in [-0.4, -0.2) is 76.8 Å². The van der Waals surface area contributed by atoms with E-state index in [9.17, 15) is 24.3 Å². The number of amides is 3. The lowest BCUT2D eigenvalue weighted by Gasteiger charge is -2.35. The van der Waals surface area contributed by atoms with Crippen molar-refractivity contribution in [2.45, 2.75) is 33.1 Å². The first-order valence-electron chi connectivity index (χ1n) is 15.8. The molecule has 0 spiro atoms. The topological polar surface area (TPSA) is 111 Å². The number of aromatic hydroxyl groups is 1. The van der Waals surface area contributed by atoms with Crippen molar-refractivity contribution in [3.05, 3.63) is 76.5 Å². The van der Waals surface area contributed by atoms with Gasteiger partial charge in [-0.2, -0.15) is 0 Å². The fraction of sp³-hybridized carbons (Fsp3) is 0.351. The summed E-state index contributed by atoms with van der Waals surface area (Å²) in [5, 5.41) is 10.8. The van der Waals surface area contributed by atoms with Gasteiger partial charge >= 0.3 is 0 Å². The number of phenols is 1. The summed E-state index contributed by atoms with van der Waals surface area (Å²) in [5.41, 5.74) is 2.76. The largest absolute Gasteiger partial charge is 0.508 e. The van der Waals surface area contributed by atoms with Crippen LogP contribution in [0.3, 0.4) is 0 Å². The molecule has 1 saturated heterocycles. The lowest BCUT2D eigenvalue weighted by Crippen LogP contribution is -2.50. The van der Waals surface area contributed by atoms with E-state index < -0.39 is 0 Å². The average molecular weight is 620 g/mol. The lowest BCUT2D eigenvalue weighted by molar-refractivity contribution is -0.138. The summed E-state index contributed by atoms with van der Waals surface area (Å²) in [6.07, 6.45) is 0.949. The summed E-state index contributed by atoms with van der Waals surface area (Å²) in [6, 6.07) is 16.7. The minimum atomic E-state index is -0.209. The Balaban J connectivity index is 1.15. The molecular formula is C37H37N3O6. The zero-order chi connectivity index (χ0) is 32.4. The van der Waals surface area contributed by atoms with Gasteiger partial charge in [-0.05, 0) is 41.8 Å². The molecule has 236 valence electrons. The van der Waals surface area contributed by atoms with Gasteiger partial charge in [0, 0.05) is 98.7 Å². The highest BCUT2D eigenvalue weighted by atomic mass is 16.3. The van der Waals surface area contributed by atoms with E-state index in [2.05, 4.69) is 25.7 Å². The van der Waals surface area contributed by atoms with Crippen LogP contribution < -0.4 is 5.43 Å². The van der Waals surface area contributed by atoms with Crippen LogP contribution in [0.2, 0.25) is 0 Å². The van der Waals surface area contributed by atoms with E-state index in [4.69, 9.17) is 4.42 Å². The number of benzene rings is 3. The molecular weight excluding hydrogens is 582 g/mol. The fourth-order valence-electron chi connectivity index (χ4n) is 6.29. The maximum atomic E-state index is 14.0. The summed E-state index contributed by atoms with van der Waals surface area (Å²) in [6.45, 7) is 6.92. The molecule has 9 heteroatoms. The fourth-order valence-corrected chi connectivity index (χ4v) is 6.29. The van der Waals surface area contributed by atoms with Crippen LogP contribution in [0.25, 0.3) is 33.4 Å². The summed E-state index contributed by atoms with van der Waals surface area (Å²) >= 11 is 0. The maximum absolute atomic E-state index is 14.0. The highest BCUT2D eigenvalue weighted by Gasteiger charge is 2.29. The number of hydrogen-bond donors (Lipinski definition) is 1. The summed E-state index contributed by atoms with van der Waals surface area (Å²) in [4.78, 5) is 57.5. The first kappa shape index (κ1) is 30.9. The van der Waals surface area contributed by atoms with Crippen molar-refractivity contribution in [1.29, 1.82) is 0 Å². The quantitative estimate of drug-likeness (QED) is 0.253. The number of phenolic OH excluding ortho intramolecular Hbond substituents is 1. The average Bonchev–Trinajstić information content (AvgIpc) is 3.06. The van der Waals surface area contributed by atoms with Crippen molar-refractivity contribution in [3.63, 3.8) is 0 Å². The Morgan fingerprint density at radius 1 is 0.848 bits per heavy atom. The van der Waals surface area contributed by atoms with E-state index in [1.165, 1.54) is 18.2 Å². The van der Waals surface area contributed by atoms with Gasteiger partial charge in [-0.25, -0.2) is 0 Å². The van der Waals surface area contributed by atoms with Gasteiger partial charge in [0.2, 0.25) is 11.8 Å². The van der Waals surface area contributed by atoms with Gasteiger partial charge in [-0.1, -0.05) is 38.0 Å². The van der Waals surface area contributed by atoms with Crippen LogP contribution >= 0.6 is 0 Å². The second kappa shape index (κ2) is 13.1. The molecule has 3 aliphatic heterocycles. The van der Waals surface area contributed by atoms with Crippen molar-refractivity contribution < 1.29 is 23.9 Å². The molecule has 2 aromatic rings. The van der Waals surface area contributed by atoms with Gasteiger partial charge in [-0.15, -0.1) is 5.92 Å². The molecule has 0 bridgehead atoms. The first-order chi connectivity index (χ1) is 22.2. The molecule has 9 nitrogen and oxygen atoms in total. The third-order valence-corrected chi connectivity index (χ3v) is 9.13. The zero-order valence-electron chi connectivity index (χ0n) is 26.1. The van der Waals surface area contributed by atoms with Gasteiger partial charge < -0.3 is 24.2 Å². The number of fused-ring (bicyclic) bond motifs is 2. The van der Waals surface area contributed by atoms with Gasteiger partial charge in [0.1, 0.15) is 17.1 Å².